The van der Waals surface area contributed by atoms with Gasteiger partial charge in [-0.25, -0.2) is 0 Å². The van der Waals surface area contributed by atoms with Crippen LogP contribution in [0.25, 0.3) is 28.0 Å². The van der Waals surface area contributed by atoms with E-state index >= 15 is 0 Å². The Hall–Kier alpha value is -3.79. The summed E-state index contributed by atoms with van der Waals surface area (Å²) in [6.07, 6.45) is 11.5. The molecule has 1 atom stereocenters. The first-order chi connectivity index (χ1) is 22.0. The van der Waals surface area contributed by atoms with Gasteiger partial charge in [-0.2, -0.15) is 0 Å². The molecule has 2 heterocycles. The second kappa shape index (κ2) is 11.2. The average molecular weight is 609 g/mol. The zero-order valence-electron chi connectivity index (χ0n) is 26.4. The highest BCUT2D eigenvalue weighted by Crippen LogP contribution is 2.58. The summed E-state index contributed by atoms with van der Waals surface area (Å²) < 4.78 is 13.1. The zero-order chi connectivity index (χ0) is 30.6. The summed E-state index contributed by atoms with van der Waals surface area (Å²) >= 11 is 1.78. The van der Waals surface area contributed by atoms with Crippen molar-refractivity contribution in [3.63, 3.8) is 0 Å². The van der Waals surface area contributed by atoms with Crippen LogP contribution in [-0.4, -0.2) is 19.5 Å². The van der Waals surface area contributed by atoms with Crippen LogP contribution in [0.1, 0.15) is 66.5 Å². The molecule has 5 aromatic carbocycles. The molecule has 3 heteroatoms. The number of benzene rings is 5. The van der Waals surface area contributed by atoms with Gasteiger partial charge >= 0.3 is 0 Å². The summed E-state index contributed by atoms with van der Waals surface area (Å²) in [6, 6.07) is 35.8. The van der Waals surface area contributed by atoms with Gasteiger partial charge in [-0.1, -0.05) is 105 Å². The quantitative estimate of drug-likeness (QED) is 0.179. The molecule has 0 bridgehead atoms. The highest BCUT2D eigenvalue weighted by atomic mass is 32.2. The van der Waals surface area contributed by atoms with Crippen molar-refractivity contribution in [3.8, 4) is 16.9 Å². The van der Waals surface area contributed by atoms with Crippen LogP contribution in [0.15, 0.2) is 108 Å². The fourth-order valence-corrected chi connectivity index (χ4v) is 8.49. The fraction of sp³-hybridized carbons (Fsp3) is 0.286. The Morgan fingerprint density at radius 1 is 0.800 bits per heavy atom. The van der Waals surface area contributed by atoms with Gasteiger partial charge in [-0.15, -0.1) is 11.8 Å². The van der Waals surface area contributed by atoms with Crippen molar-refractivity contribution in [1.29, 1.82) is 0 Å². The van der Waals surface area contributed by atoms with Crippen LogP contribution in [0.3, 0.4) is 0 Å². The number of fused-ring (bicyclic) bond motifs is 8. The molecule has 5 aromatic rings. The van der Waals surface area contributed by atoms with E-state index in [1.165, 1.54) is 68.3 Å². The molecule has 0 N–H and O–H groups in total. The smallest absolute Gasteiger partial charge is 0.178 e. The Labute approximate surface area is 271 Å². The molecule has 8 rings (SSSR count). The van der Waals surface area contributed by atoms with Crippen LogP contribution >= 0.6 is 11.8 Å². The Balaban J connectivity index is 1.28. The van der Waals surface area contributed by atoms with Gasteiger partial charge in [0.1, 0.15) is 5.75 Å². The number of thioether (sulfide) groups is 1. The van der Waals surface area contributed by atoms with Gasteiger partial charge in [0.15, 0.2) is 5.60 Å². The van der Waals surface area contributed by atoms with Gasteiger partial charge in [0.25, 0.3) is 0 Å². The Bertz CT molecular complexity index is 1920. The van der Waals surface area contributed by atoms with E-state index in [0.717, 1.165) is 42.4 Å². The third-order valence-electron chi connectivity index (χ3n) is 10.5. The summed E-state index contributed by atoms with van der Waals surface area (Å²) in [5.74, 6) is 1.75. The highest BCUT2D eigenvalue weighted by molar-refractivity contribution is 7.98. The van der Waals surface area contributed by atoms with Gasteiger partial charge in [-0.05, 0) is 89.3 Å². The summed E-state index contributed by atoms with van der Waals surface area (Å²) in [5, 5.41) is 2.45. The second-order valence-corrected chi connectivity index (χ2v) is 14.3. The maximum absolute atomic E-state index is 7.51. The molecule has 0 spiro atoms. The van der Waals surface area contributed by atoms with Crippen LogP contribution in [0.4, 0.5) is 0 Å². The van der Waals surface area contributed by atoms with Gasteiger partial charge in [-0.3, -0.25) is 0 Å². The minimum atomic E-state index is -0.736. The maximum Gasteiger partial charge on any atom is 0.178 e. The van der Waals surface area contributed by atoms with Gasteiger partial charge in [0.05, 0.1) is 0 Å². The number of hydrogen-bond acceptors (Lipinski definition) is 3. The average Bonchev–Trinajstić information content (AvgIpc) is 3.34. The molecule has 2 nitrogen and oxygen atoms in total. The van der Waals surface area contributed by atoms with Crippen molar-refractivity contribution in [1.82, 2.24) is 0 Å². The van der Waals surface area contributed by atoms with Crippen LogP contribution in [0.2, 0.25) is 0 Å². The number of hydrogen-bond donors (Lipinski definition) is 0. The minimum absolute atomic E-state index is 0.144. The molecule has 0 aromatic heterocycles. The lowest BCUT2D eigenvalue weighted by molar-refractivity contribution is 0.0640. The standard InChI is InChI=1S/C42H40O2S/c1-41(2)37-12-8-7-11-34(37)38-33-20-19-32(45-3)27-36(33)40-35(39(38)41)21-24-42(44-40,30-9-5-4-6-10-30)31-17-15-28(16-18-31)13-14-29-22-25-43-26-23-29/h4-12,15-21,24,27,29H,13-14,22-23,25-26H2,1-3H3. The van der Waals surface area contributed by atoms with Crippen molar-refractivity contribution < 1.29 is 9.47 Å². The van der Waals surface area contributed by atoms with Gasteiger partial charge < -0.3 is 9.47 Å². The summed E-state index contributed by atoms with van der Waals surface area (Å²) in [4.78, 5) is 1.24. The monoisotopic (exact) mass is 608 g/mol. The number of ether oxygens (including phenoxy) is 2. The van der Waals surface area contributed by atoms with Crippen LogP contribution in [0.5, 0.6) is 5.75 Å². The van der Waals surface area contributed by atoms with Crippen LogP contribution < -0.4 is 4.74 Å². The van der Waals surface area contributed by atoms with E-state index < -0.39 is 5.60 Å². The molecule has 2 aliphatic heterocycles. The Morgan fingerprint density at radius 3 is 2.31 bits per heavy atom. The first-order valence-corrected chi connectivity index (χ1v) is 17.6. The highest BCUT2D eigenvalue weighted by Gasteiger charge is 2.44. The third-order valence-corrected chi connectivity index (χ3v) is 11.2. The normalized spacial score (nSPS) is 20.0. The molecule has 1 unspecified atom stereocenters. The molecule has 226 valence electrons. The van der Waals surface area contributed by atoms with Crippen molar-refractivity contribution >= 4 is 28.6 Å². The molecule has 1 saturated heterocycles. The van der Waals surface area contributed by atoms with E-state index in [9.17, 15) is 0 Å². The van der Waals surface area contributed by atoms with E-state index in [1.54, 1.807) is 11.8 Å². The lowest BCUT2D eigenvalue weighted by Crippen LogP contribution is -2.35. The number of aryl methyl sites for hydroxylation is 1. The van der Waals surface area contributed by atoms with E-state index in [0.29, 0.717) is 0 Å². The molecule has 0 saturated carbocycles. The fourth-order valence-electron chi connectivity index (χ4n) is 8.05. The summed E-state index contributed by atoms with van der Waals surface area (Å²) in [6.45, 7) is 6.56. The summed E-state index contributed by atoms with van der Waals surface area (Å²) in [5.41, 5.74) is 9.45. The van der Waals surface area contributed by atoms with E-state index in [2.05, 4.69) is 129 Å². The zero-order valence-corrected chi connectivity index (χ0v) is 27.3. The topological polar surface area (TPSA) is 18.5 Å². The van der Waals surface area contributed by atoms with Crippen molar-refractivity contribution in [2.45, 2.75) is 55.4 Å². The van der Waals surface area contributed by atoms with Gasteiger partial charge in [0, 0.05) is 45.6 Å². The maximum atomic E-state index is 7.51. The first-order valence-electron chi connectivity index (χ1n) is 16.4. The van der Waals surface area contributed by atoms with Crippen LogP contribution in [-0.2, 0) is 22.2 Å². The van der Waals surface area contributed by atoms with Crippen LogP contribution in [0, 0.1) is 5.92 Å². The van der Waals surface area contributed by atoms with Gasteiger partial charge in [0.2, 0.25) is 0 Å². The molecule has 45 heavy (non-hydrogen) atoms. The first kappa shape index (κ1) is 28.7. The van der Waals surface area contributed by atoms with Crippen molar-refractivity contribution in [2.75, 3.05) is 19.5 Å². The Morgan fingerprint density at radius 2 is 1.53 bits per heavy atom. The predicted molar refractivity (Wildman–Crippen MR) is 188 cm³/mol. The molecule has 1 aliphatic carbocycles. The number of rotatable bonds is 6. The van der Waals surface area contributed by atoms with Crippen molar-refractivity contribution in [2.24, 2.45) is 5.92 Å². The summed E-state index contributed by atoms with van der Waals surface area (Å²) in [7, 11) is 0. The molecule has 0 radical (unpaired) electrons. The molecule has 3 aliphatic rings. The largest absolute Gasteiger partial charge is 0.472 e. The van der Waals surface area contributed by atoms with E-state index in [4.69, 9.17) is 9.47 Å². The molecular weight excluding hydrogens is 569 g/mol. The third kappa shape index (κ3) is 4.66. The molecule has 1 fully saturated rings. The van der Waals surface area contributed by atoms with E-state index in [-0.39, 0.29) is 5.41 Å². The minimum Gasteiger partial charge on any atom is -0.472 e. The lowest BCUT2D eigenvalue weighted by Gasteiger charge is -2.38. The lowest BCUT2D eigenvalue weighted by atomic mass is 9.76. The second-order valence-electron chi connectivity index (χ2n) is 13.4. The SMILES string of the molecule is CSc1ccc2c3c(c4c(c2c1)OC(c1ccccc1)(c1ccc(CCC2CCOCC2)cc1)C=C4)C(C)(C)c1ccccc1-3. The Kier molecular flexibility index (Phi) is 7.15. The molecular formula is C42H40O2S. The molecule has 0 amide bonds. The van der Waals surface area contributed by atoms with E-state index in [1.807, 2.05) is 0 Å². The predicted octanol–water partition coefficient (Wildman–Crippen LogP) is 10.6. The van der Waals surface area contributed by atoms with Crippen molar-refractivity contribution in [3.05, 3.63) is 137 Å².